The normalized spacial score (nSPS) is 15.4. The second kappa shape index (κ2) is 9.84. The molecule has 6 N–H and O–H groups in total. The minimum atomic E-state index is -0.247. The van der Waals surface area contributed by atoms with E-state index in [1.807, 2.05) is 4.90 Å². The van der Waals surface area contributed by atoms with Crippen molar-refractivity contribution in [1.82, 2.24) is 10.2 Å². The first-order chi connectivity index (χ1) is 14.8. The number of aromatic hydroxyl groups is 1. The Morgan fingerprint density at radius 1 is 1.23 bits per heavy atom. The van der Waals surface area contributed by atoms with E-state index in [9.17, 15) is 9.90 Å². The minimum Gasteiger partial charge on any atom is -0.504 e. The summed E-state index contributed by atoms with van der Waals surface area (Å²) in [6.07, 6.45) is 0.901. The predicted molar refractivity (Wildman–Crippen MR) is 117 cm³/mol. The third kappa shape index (κ3) is 5.88. The monoisotopic (exact) mass is 425 g/mol. The van der Waals surface area contributed by atoms with Crippen molar-refractivity contribution in [3.63, 3.8) is 0 Å². The molecule has 1 saturated heterocycles. The quantitative estimate of drug-likeness (QED) is 0.248. The summed E-state index contributed by atoms with van der Waals surface area (Å²) in [5.74, 6) is 1.00. The number of phenolic OH excluding ortho intramolecular Hbond substituents is 1. The molecule has 0 radical (unpaired) electrons. The fourth-order valence-corrected chi connectivity index (χ4v) is 3.23. The maximum absolute atomic E-state index is 12.3. The van der Waals surface area contributed by atoms with Gasteiger partial charge in [-0.25, -0.2) is 0 Å². The fraction of sp³-hybridized carbons (Fsp3) is 0.318. The van der Waals surface area contributed by atoms with Crippen LogP contribution in [0.25, 0.3) is 0 Å². The van der Waals surface area contributed by atoms with Gasteiger partial charge in [-0.05, 0) is 49.4 Å². The lowest BCUT2D eigenvalue weighted by Gasteiger charge is -2.17. The molecule has 1 fully saturated rings. The number of nitrogens with one attached hydrogen (secondary N) is 3. The zero-order chi connectivity index (χ0) is 22.4. The van der Waals surface area contributed by atoms with E-state index in [0.717, 1.165) is 13.0 Å². The van der Waals surface area contributed by atoms with E-state index in [1.165, 1.54) is 18.2 Å². The number of benzene rings is 2. The molecule has 1 heterocycles. The van der Waals surface area contributed by atoms with Crippen LogP contribution >= 0.6 is 0 Å². The predicted octanol–water partition coefficient (Wildman–Crippen LogP) is 1.94. The number of carbonyl (C=O) groups excluding carboxylic acids is 1. The van der Waals surface area contributed by atoms with Crippen LogP contribution in [0.3, 0.4) is 0 Å². The van der Waals surface area contributed by atoms with Crippen LogP contribution in [0.1, 0.15) is 29.3 Å². The van der Waals surface area contributed by atoms with Gasteiger partial charge >= 0.3 is 0 Å². The molecular formula is C22H27N5O4. The van der Waals surface area contributed by atoms with E-state index in [0.29, 0.717) is 29.3 Å². The topological polar surface area (TPSA) is 145 Å². The molecule has 164 valence electrons. The van der Waals surface area contributed by atoms with Crippen molar-refractivity contribution in [3.05, 3.63) is 53.6 Å². The standard InChI is InChI=1S/C22H27N5O4/c1-14(23)27-10-8-18(13-27)31-17-5-2-15(3-6-17)22(29)26-9-11-30-20-12-16(21(24)25)4-7-19(20)28/h2-7,12,18,23,28H,8-11,13H2,1H3,(H3,24,25)(H,26,29)/t18-/m1/s1. The number of nitrogen functional groups attached to an aromatic ring is 1. The summed E-state index contributed by atoms with van der Waals surface area (Å²) in [6.45, 7) is 3.67. The molecule has 1 amide bonds. The molecule has 2 aromatic carbocycles. The van der Waals surface area contributed by atoms with E-state index < -0.39 is 0 Å². The fourth-order valence-electron chi connectivity index (χ4n) is 3.23. The number of ether oxygens (including phenoxy) is 2. The third-order valence-electron chi connectivity index (χ3n) is 4.95. The van der Waals surface area contributed by atoms with Gasteiger partial charge in [-0.15, -0.1) is 0 Å². The Morgan fingerprint density at radius 2 is 1.94 bits per heavy atom. The lowest BCUT2D eigenvalue weighted by atomic mass is 10.2. The minimum absolute atomic E-state index is 0.0371. The van der Waals surface area contributed by atoms with Gasteiger partial charge < -0.3 is 30.5 Å². The van der Waals surface area contributed by atoms with Gasteiger partial charge in [-0.2, -0.15) is 0 Å². The average molecular weight is 425 g/mol. The number of hydrogen-bond acceptors (Lipinski definition) is 6. The molecule has 9 nitrogen and oxygen atoms in total. The van der Waals surface area contributed by atoms with Crippen molar-refractivity contribution in [2.24, 2.45) is 5.73 Å². The van der Waals surface area contributed by atoms with Crippen LogP contribution in [0.15, 0.2) is 42.5 Å². The van der Waals surface area contributed by atoms with Gasteiger partial charge in [0, 0.05) is 24.1 Å². The van der Waals surface area contributed by atoms with Crippen LogP contribution in [-0.2, 0) is 0 Å². The van der Waals surface area contributed by atoms with E-state index in [1.54, 1.807) is 31.2 Å². The number of nitrogens with zero attached hydrogens (tertiary/aromatic N) is 1. The summed E-state index contributed by atoms with van der Waals surface area (Å²) in [5.41, 5.74) is 6.37. The number of amides is 1. The van der Waals surface area contributed by atoms with Gasteiger partial charge in [0.2, 0.25) is 0 Å². The Bertz CT molecular complexity index is 961. The third-order valence-corrected chi connectivity index (χ3v) is 4.95. The average Bonchev–Trinajstić information content (AvgIpc) is 3.21. The van der Waals surface area contributed by atoms with Gasteiger partial charge in [0.25, 0.3) is 5.91 Å². The first-order valence-corrected chi connectivity index (χ1v) is 9.98. The number of nitrogens with two attached hydrogens (primary N) is 1. The van der Waals surface area contributed by atoms with Gasteiger partial charge in [0.15, 0.2) is 11.5 Å². The smallest absolute Gasteiger partial charge is 0.251 e. The Morgan fingerprint density at radius 3 is 2.58 bits per heavy atom. The zero-order valence-electron chi connectivity index (χ0n) is 17.4. The first-order valence-electron chi connectivity index (χ1n) is 9.98. The Hall–Kier alpha value is -3.75. The molecule has 0 unspecified atom stereocenters. The highest BCUT2D eigenvalue weighted by Crippen LogP contribution is 2.26. The molecule has 0 aromatic heterocycles. The molecule has 1 aliphatic heterocycles. The van der Waals surface area contributed by atoms with Crippen molar-refractivity contribution in [2.45, 2.75) is 19.4 Å². The van der Waals surface area contributed by atoms with Gasteiger partial charge in [-0.1, -0.05) is 0 Å². The maximum Gasteiger partial charge on any atom is 0.251 e. The lowest BCUT2D eigenvalue weighted by Crippen LogP contribution is -2.28. The van der Waals surface area contributed by atoms with Gasteiger partial charge in [0.05, 0.1) is 18.9 Å². The molecule has 0 saturated carbocycles. The van der Waals surface area contributed by atoms with Crippen LogP contribution in [0, 0.1) is 10.8 Å². The number of amidine groups is 2. The summed E-state index contributed by atoms with van der Waals surface area (Å²) in [7, 11) is 0. The molecule has 0 aliphatic carbocycles. The number of carbonyl (C=O) groups is 1. The van der Waals surface area contributed by atoms with E-state index in [4.69, 9.17) is 26.0 Å². The highest BCUT2D eigenvalue weighted by molar-refractivity contribution is 5.95. The molecule has 3 rings (SSSR count). The summed E-state index contributed by atoms with van der Waals surface area (Å²) in [6, 6.07) is 11.3. The van der Waals surface area contributed by atoms with Gasteiger partial charge in [0.1, 0.15) is 24.3 Å². The van der Waals surface area contributed by atoms with Crippen LogP contribution in [-0.4, -0.2) is 59.9 Å². The van der Waals surface area contributed by atoms with Crippen molar-refractivity contribution in [2.75, 3.05) is 26.2 Å². The van der Waals surface area contributed by atoms with Crippen molar-refractivity contribution >= 4 is 17.6 Å². The number of hydrogen-bond donors (Lipinski definition) is 5. The summed E-state index contributed by atoms with van der Waals surface area (Å²) in [5, 5.41) is 27.7. The number of likely N-dealkylation sites (tertiary alicyclic amines) is 1. The molecule has 1 atom stereocenters. The number of rotatable bonds is 8. The second-order valence-corrected chi connectivity index (χ2v) is 7.28. The van der Waals surface area contributed by atoms with Crippen molar-refractivity contribution in [3.8, 4) is 17.2 Å². The Kier molecular flexibility index (Phi) is 6.96. The highest BCUT2D eigenvalue weighted by Gasteiger charge is 2.24. The highest BCUT2D eigenvalue weighted by atomic mass is 16.5. The van der Waals surface area contributed by atoms with Crippen molar-refractivity contribution in [1.29, 1.82) is 10.8 Å². The Labute approximate surface area is 180 Å². The van der Waals surface area contributed by atoms with E-state index in [2.05, 4.69) is 5.32 Å². The van der Waals surface area contributed by atoms with E-state index in [-0.39, 0.29) is 42.5 Å². The van der Waals surface area contributed by atoms with Crippen LogP contribution in [0.2, 0.25) is 0 Å². The SMILES string of the molecule is CC(=N)N1CC[C@@H](Oc2ccc(C(=O)NCCOc3cc(C(=N)N)ccc3O)cc2)C1. The maximum atomic E-state index is 12.3. The Balaban J connectivity index is 1.44. The molecule has 0 bridgehead atoms. The molecule has 2 aromatic rings. The summed E-state index contributed by atoms with van der Waals surface area (Å²) < 4.78 is 11.4. The molecular weight excluding hydrogens is 398 g/mol. The second-order valence-electron chi connectivity index (χ2n) is 7.28. The van der Waals surface area contributed by atoms with Gasteiger partial charge in [-0.3, -0.25) is 15.6 Å². The first kappa shape index (κ1) is 21.9. The summed E-state index contributed by atoms with van der Waals surface area (Å²) in [4.78, 5) is 14.3. The largest absolute Gasteiger partial charge is 0.504 e. The van der Waals surface area contributed by atoms with Crippen LogP contribution in [0.4, 0.5) is 0 Å². The lowest BCUT2D eigenvalue weighted by molar-refractivity contribution is 0.0947. The number of phenols is 1. The molecule has 1 aliphatic rings. The molecule has 31 heavy (non-hydrogen) atoms. The van der Waals surface area contributed by atoms with Crippen molar-refractivity contribution < 1.29 is 19.4 Å². The summed E-state index contributed by atoms with van der Waals surface area (Å²) >= 11 is 0. The van der Waals surface area contributed by atoms with Crippen LogP contribution < -0.4 is 20.5 Å². The molecule has 0 spiro atoms. The van der Waals surface area contributed by atoms with Crippen LogP contribution in [0.5, 0.6) is 17.2 Å². The zero-order valence-corrected chi connectivity index (χ0v) is 17.4. The molecule has 9 heteroatoms. The van der Waals surface area contributed by atoms with E-state index >= 15 is 0 Å².